The Kier molecular flexibility index (Phi) is 4.18. The molecule has 0 fully saturated rings. The summed E-state index contributed by atoms with van der Waals surface area (Å²) in [5.74, 6) is -1.26. The van der Waals surface area contributed by atoms with Crippen LogP contribution in [0.4, 0.5) is 11.4 Å². The molecule has 1 aliphatic rings. The van der Waals surface area contributed by atoms with Gasteiger partial charge in [-0.05, 0) is 42.0 Å². The highest BCUT2D eigenvalue weighted by Gasteiger charge is 2.27. The number of nitrogens with zero attached hydrogens (tertiary/aromatic N) is 1. The van der Waals surface area contributed by atoms with Crippen LogP contribution in [-0.2, 0) is 26.0 Å². The smallest absolute Gasteiger partial charge is 0.292 e. The van der Waals surface area contributed by atoms with Crippen molar-refractivity contribution in [3.05, 3.63) is 52.5 Å². The maximum Gasteiger partial charge on any atom is 0.292 e. The van der Waals surface area contributed by atoms with Crippen molar-refractivity contribution >= 4 is 49.0 Å². The van der Waals surface area contributed by atoms with Crippen LogP contribution in [0.1, 0.15) is 5.56 Å². The van der Waals surface area contributed by atoms with Crippen molar-refractivity contribution in [1.29, 1.82) is 0 Å². The van der Waals surface area contributed by atoms with Gasteiger partial charge in [-0.25, -0.2) is 8.42 Å². The van der Waals surface area contributed by atoms with E-state index in [1.807, 2.05) is 0 Å². The van der Waals surface area contributed by atoms with E-state index in [9.17, 15) is 18.0 Å². The zero-order valence-electron chi connectivity index (χ0n) is 12.6. The van der Waals surface area contributed by atoms with Gasteiger partial charge in [-0.2, -0.15) is 0 Å². The number of hydrogen-bond donors (Lipinski definition) is 1. The normalized spacial score (nSPS) is 14.1. The predicted octanol–water partition coefficient (Wildman–Crippen LogP) is 2.34. The first-order chi connectivity index (χ1) is 11.3. The maximum absolute atomic E-state index is 12.8. The molecule has 8 heteroatoms. The number of hydrogen-bond acceptors (Lipinski definition) is 4. The Hall–Kier alpha value is -2.19. The van der Waals surface area contributed by atoms with Crippen molar-refractivity contribution in [1.82, 2.24) is 0 Å². The minimum atomic E-state index is -3.78. The van der Waals surface area contributed by atoms with E-state index in [1.165, 1.54) is 29.6 Å². The molecular weight excluding hydrogens is 396 g/mol. The molecule has 2 aromatic rings. The Labute approximate surface area is 147 Å². The van der Waals surface area contributed by atoms with Crippen molar-refractivity contribution in [2.24, 2.45) is 0 Å². The van der Waals surface area contributed by atoms with Gasteiger partial charge in [-0.1, -0.05) is 22.0 Å². The highest BCUT2D eigenvalue weighted by Crippen LogP contribution is 2.28. The number of benzene rings is 2. The number of ketones is 1. The van der Waals surface area contributed by atoms with Gasteiger partial charge in [0.1, 0.15) is 0 Å². The minimum absolute atomic E-state index is 0.0627. The van der Waals surface area contributed by atoms with Crippen molar-refractivity contribution in [2.75, 3.05) is 16.7 Å². The number of carbonyl (C=O) groups excluding carboxylic acids is 2. The molecule has 1 heterocycles. The summed E-state index contributed by atoms with van der Waals surface area (Å²) in [5.41, 5.74) is 1.46. The van der Waals surface area contributed by atoms with Crippen LogP contribution in [0.3, 0.4) is 0 Å². The summed E-state index contributed by atoms with van der Waals surface area (Å²) in [7, 11) is -2.32. The van der Waals surface area contributed by atoms with Crippen LogP contribution in [0.25, 0.3) is 0 Å². The molecule has 0 unspecified atom stereocenters. The zero-order valence-corrected chi connectivity index (χ0v) is 15.0. The standard InChI is InChI=1S/C16H13BrN2O4S/c1-19(12-4-2-3-11(17)9-12)24(22,23)13-5-6-14-10(7-13)8-15(20)16(21)18-14/h2-7,9H,8H2,1H3,(H,18,21). The molecule has 1 amide bonds. The quantitative estimate of drug-likeness (QED) is 0.789. The summed E-state index contributed by atoms with van der Waals surface area (Å²) in [5, 5.41) is 2.45. The average Bonchev–Trinajstić information content (AvgIpc) is 2.54. The van der Waals surface area contributed by atoms with Crippen molar-refractivity contribution in [3.8, 4) is 0 Å². The number of anilines is 2. The number of nitrogens with one attached hydrogen (secondary N) is 1. The lowest BCUT2D eigenvalue weighted by molar-refractivity contribution is -0.134. The second-order valence-corrected chi connectivity index (χ2v) is 8.21. The van der Waals surface area contributed by atoms with Gasteiger partial charge in [0.25, 0.3) is 15.9 Å². The molecule has 6 nitrogen and oxygen atoms in total. The summed E-state index contributed by atoms with van der Waals surface area (Å²) in [6.45, 7) is 0. The van der Waals surface area contributed by atoms with E-state index in [0.29, 0.717) is 16.9 Å². The minimum Gasteiger partial charge on any atom is -0.319 e. The number of halogens is 1. The van der Waals surface area contributed by atoms with Crippen LogP contribution in [0.15, 0.2) is 51.8 Å². The third kappa shape index (κ3) is 2.94. The molecule has 1 aliphatic heterocycles. The third-order valence-electron chi connectivity index (χ3n) is 3.76. The third-order valence-corrected chi connectivity index (χ3v) is 6.03. The molecule has 3 rings (SSSR count). The molecule has 0 saturated carbocycles. The number of Topliss-reactive ketones (excluding diaryl/α,β-unsaturated/α-hetero) is 1. The van der Waals surface area contributed by atoms with E-state index in [0.717, 1.165) is 4.47 Å². The van der Waals surface area contributed by atoms with Crippen LogP contribution < -0.4 is 9.62 Å². The second-order valence-electron chi connectivity index (χ2n) is 5.33. The largest absolute Gasteiger partial charge is 0.319 e. The molecule has 0 aromatic heterocycles. The summed E-state index contributed by atoms with van der Waals surface area (Å²) in [6, 6.07) is 11.3. The number of carbonyl (C=O) groups is 2. The monoisotopic (exact) mass is 408 g/mol. The summed E-state index contributed by atoms with van der Waals surface area (Å²) >= 11 is 3.32. The molecule has 0 radical (unpaired) electrons. The first kappa shape index (κ1) is 16.7. The molecular formula is C16H13BrN2O4S. The summed E-state index contributed by atoms with van der Waals surface area (Å²) in [4.78, 5) is 23.0. The lowest BCUT2D eigenvalue weighted by atomic mass is 10.0. The molecule has 24 heavy (non-hydrogen) atoms. The van der Waals surface area contributed by atoms with E-state index in [2.05, 4.69) is 21.2 Å². The Morgan fingerprint density at radius 2 is 1.88 bits per heavy atom. The maximum atomic E-state index is 12.8. The number of fused-ring (bicyclic) bond motifs is 1. The van der Waals surface area contributed by atoms with Gasteiger partial charge in [0, 0.05) is 23.6 Å². The molecule has 1 N–H and O–H groups in total. The highest BCUT2D eigenvalue weighted by atomic mass is 79.9. The van der Waals surface area contributed by atoms with Gasteiger partial charge >= 0.3 is 0 Å². The Morgan fingerprint density at radius 3 is 2.58 bits per heavy atom. The van der Waals surface area contributed by atoms with E-state index < -0.39 is 21.7 Å². The lowest BCUT2D eigenvalue weighted by Crippen LogP contribution is -2.31. The second kappa shape index (κ2) is 6.03. The van der Waals surface area contributed by atoms with Crippen LogP contribution in [0.5, 0.6) is 0 Å². The number of sulfonamides is 1. The van der Waals surface area contributed by atoms with Gasteiger partial charge in [0.15, 0.2) is 0 Å². The van der Waals surface area contributed by atoms with Crippen LogP contribution >= 0.6 is 15.9 Å². The van der Waals surface area contributed by atoms with Crippen molar-refractivity contribution in [3.63, 3.8) is 0 Å². The molecule has 0 bridgehead atoms. The summed E-state index contributed by atoms with van der Waals surface area (Å²) in [6.07, 6.45) is -0.106. The van der Waals surface area contributed by atoms with Crippen molar-refractivity contribution < 1.29 is 18.0 Å². The molecule has 0 spiro atoms. The van der Waals surface area contributed by atoms with Gasteiger partial charge in [-0.15, -0.1) is 0 Å². The summed E-state index contributed by atoms with van der Waals surface area (Å²) < 4.78 is 27.6. The molecule has 0 aliphatic carbocycles. The van der Waals surface area contributed by atoms with Crippen LogP contribution in [0, 0.1) is 0 Å². The van der Waals surface area contributed by atoms with Crippen LogP contribution in [-0.4, -0.2) is 27.2 Å². The fraction of sp³-hybridized carbons (Fsp3) is 0.125. The van der Waals surface area contributed by atoms with E-state index in [4.69, 9.17) is 0 Å². The molecule has 124 valence electrons. The number of rotatable bonds is 3. The first-order valence-corrected chi connectivity index (χ1v) is 9.24. The lowest BCUT2D eigenvalue weighted by Gasteiger charge is -2.22. The molecule has 0 saturated heterocycles. The molecule has 0 atom stereocenters. The Morgan fingerprint density at radius 1 is 1.12 bits per heavy atom. The average molecular weight is 409 g/mol. The van der Waals surface area contributed by atoms with Crippen molar-refractivity contribution in [2.45, 2.75) is 11.3 Å². The van der Waals surface area contributed by atoms with E-state index in [-0.39, 0.29) is 11.3 Å². The van der Waals surface area contributed by atoms with Gasteiger partial charge < -0.3 is 5.32 Å². The van der Waals surface area contributed by atoms with Gasteiger partial charge in [0.05, 0.1) is 10.6 Å². The fourth-order valence-corrected chi connectivity index (χ4v) is 4.04. The van der Waals surface area contributed by atoms with Gasteiger partial charge in [0.2, 0.25) is 5.78 Å². The Bertz CT molecular complexity index is 956. The van der Waals surface area contributed by atoms with Gasteiger partial charge in [-0.3, -0.25) is 13.9 Å². The Balaban J connectivity index is 2.00. The number of amides is 1. The zero-order chi connectivity index (χ0) is 17.5. The highest BCUT2D eigenvalue weighted by molar-refractivity contribution is 9.10. The SMILES string of the molecule is CN(c1cccc(Br)c1)S(=O)(=O)c1ccc2c(c1)CC(=O)C(=O)N2. The van der Waals surface area contributed by atoms with Crippen LogP contribution in [0.2, 0.25) is 0 Å². The molecule has 2 aromatic carbocycles. The fourth-order valence-electron chi connectivity index (χ4n) is 2.41. The van der Waals surface area contributed by atoms with E-state index >= 15 is 0 Å². The topological polar surface area (TPSA) is 83.6 Å². The predicted molar refractivity (Wildman–Crippen MR) is 93.5 cm³/mol. The first-order valence-electron chi connectivity index (χ1n) is 7.00. The van der Waals surface area contributed by atoms with E-state index in [1.54, 1.807) is 24.3 Å².